The molecule has 2 aromatic heterocycles. The maximum atomic E-state index is 6.25. The second kappa shape index (κ2) is 8.37. The summed E-state index contributed by atoms with van der Waals surface area (Å²) in [6.07, 6.45) is 3.58. The molecular weight excluding hydrogens is 486 g/mol. The zero-order valence-corrected chi connectivity index (χ0v) is 21.8. The second-order valence-electron chi connectivity index (χ2n) is 10.0. The van der Waals surface area contributed by atoms with Crippen LogP contribution in [0.1, 0.15) is 25.3 Å². The number of benzene rings is 5. The van der Waals surface area contributed by atoms with Gasteiger partial charge in [0.25, 0.3) is 0 Å². The molecule has 38 heavy (non-hydrogen) atoms. The van der Waals surface area contributed by atoms with E-state index in [0.717, 1.165) is 35.1 Å². The molecule has 0 aliphatic carbocycles. The van der Waals surface area contributed by atoms with Crippen LogP contribution in [0.2, 0.25) is 0 Å². The van der Waals surface area contributed by atoms with Crippen molar-refractivity contribution < 1.29 is 9.47 Å². The second-order valence-corrected chi connectivity index (χ2v) is 11.1. The Morgan fingerprint density at radius 1 is 0.658 bits per heavy atom. The lowest BCUT2D eigenvalue weighted by atomic mass is 10.0. The Labute approximate surface area is 224 Å². The normalized spacial score (nSPS) is 12.6. The molecule has 0 bridgehead atoms. The molecule has 0 unspecified atom stereocenters. The van der Waals surface area contributed by atoms with Gasteiger partial charge in [-0.3, -0.25) is 0 Å². The summed E-state index contributed by atoms with van der Waals surface area (Å²) < 4.78 is 17.4. The minimum Gasteiger partial charge on any atom is -0.450 e. The molecule has 0 radical (unpaired) electrons. The van der Waals surface area contributed by atoms with Crippen LogP contribution in [-0.4, -0.2) is 4.57 Å². The summed E-state index contributed by atoms with van der Waals surface area (Å²) >= 11 is 1.90. The fourth-order valence-corrected chi connectivity index (χ4v) is 7.04. The maximum Gasteiger partial charge on any atom is 0.172 e. The summed E-state index contributed by atoms with van der Waals surface area (Å²) in [5, 5.41) is 5.30. The Balaban J connectivity index is 1.35. The van der Waals surface area contributed by atoms with E-state index in [-0.39, 0.29) is 0 Å². The van der Waals surface area contributed by atoms with Gasteiger partial charge in [0.15, 0.2) is 23.0 Å². The summed E-state index contributed by atoms with van der Waals surface area (Å²) in [5.74, 6) is 2.95. The van der Waals surface area contributed by atoms with Crippen molar-refractivity contribution in [3.63, 3.8) is 0 Å². The SMILES string of the molecule is CCCCc1ccc2sc3c(ccc4c3c3ccccc3n4-c3ccc4c(c3)Oc3ccccc3O4)c2c1. The molecular formula is C34H25NO2S. The summed E-state index contributed by atoms with van der Waals surface area (Å²) in [6.45, 7) is 2.26. The molecule has 3 nitrogen and oxygen atoms in total. The van der Waals surface area contributed by atoms with Crippen LogP contribution in [0.3, 0.4) is 0 Å². The van der Waals surface area contributed by atoms with E-state index in [9.17, 15) is 0 Å². The van der Waals surface area contributed by atoms with Crippen LogP contribution in [0.25, 0.3) is 47.7 Å². The van der Waals surface area contributed by atoms with E-state index in [0.29, 0.717) is 0 Å². The zero-order chi connectivity index (χ0) is 25.2. The Morgan fingerprint density at radius 3 is 2.32 bits per heavy atom. The van der Waals surface area contributed by atoms with E-state index in [1.54, 1.807) is 0 Å². The molecule has 5 aromatic carbocycles. The van der Waals surface area contributed by atoms with Crippen LogP contribution >= 0.6 is 11.3 Å². The lowest BCUT2D eigenvalue weighted by molar-refractivity contribution is 0.359. The Hall–Kier alpha value is -4.28. The lowest BCUT2D eigenvalue weighted by Crippen LogP contribution is -2.01. The van der Waals surface area contributed by atoms with Gasteiger partial charge in [-0.25, -0.2) is 0 Å². The average molecular weight is 512 g/mol. The third-order valence-corrected chi connectivity index (χ3v) is 8.83. The molecule has 0 N–H and O–H groups in total. The van der Waals surface area contributed by atoms with Crippen molar-refractivity contribution in [2.75, 3.05) is 0 Å². The van der Waals surface area contributed by atoms with Gasteiger partial charge in [0, 0.05) is 37.0 Å². The highest BCUT2D eigenvalue weighted by Crippen LogP contribution is 2.47. The summed E-state index contributed by atoms with van der Waals surface area (Å²) in [6, 6.07) is 34.4. The topological polar surface area (TPSA) is 23.4 Å². The van der Waals surface area contributed by atoms with Crippen LogP contribution < -0.4 is 9.47 Å². The molecule has 7 aromatic rings. The van der Waals surface area contributed by atoms with Gasteiger partial charge < -0.3 is 14.0 Å². The van der Waals surface area contributed by atoms with E-state index in [1.807, 2.05) is 41.7 Å². The van der Waals surface area contributed by atoms with Gasteiger partial charge in [0.1, 0.15) is 0 Å². The number of ether oxygens (including phenoxy) is 2. The van der Waals surface area contributed by atoms with Gasteiger partial charge >= 0.3 is 0 Å². The molecule has 4 heteroatoms. The number of hydrogen-bond acceptors (Lipinski definition) is 3. The largest absolute Gasteiger partial charge is 0.450 e. The number of rotatable bonds is 4. The predicted octanol–water partition coefficient (Wildman–Crippen LogP) is 10.4. The Bertz CT molecular complexity index is 2030. The summed E-state index contributed by atoms with van der Waals surface area (Å²) in [4.78, 5) is 0. The Kier molecular flexibility index (Phi) is 4.79. The van der Waals surface area contributed by atoms with Crippen LogP contribution in [-0.2, 0) is 6.42 Å². The zero-order valence-electron chi connectivity index (χ0n) is 21.0. The van der Waals surface area contributed by atoms with E-state index < -0.39 is 0 Å². The first kappa shape index (κ1) is 21.8. The summed E-state index contributed by atoms with van der Waals surface area (Å²) in [5.41, 5.74) is 4.88. The number of hydrogen-bond donors (Lipinski definition) is 0. The number of fused-ring (bicyclic) bond motifs is 9. The highest BCUT2D eigenvalue weighted by atomic mass is 32.1. The number of aryl methyl sites for hydroxylation is 1. The third kappa shape index (κ3) is 3.20. The van der Waals surface area contributed by atoms with E-state index in [2.05, 4.69) is 78.2 Å². The molecule has 8 rings (SSSR count). The van der Waals surface area contributed by atoms with Crippen LogP contribution in [0.4, 0.5) is 0 Å². The number of unbranched alkanes of at least 4 members (excludes halogenated alkanes) is 1. The van der Waals surface area contributed by atoms with Crippen molar-refractivity contribution in [3.8, 4) is 28.7 Å². The quantitative estimate of drug-likeness (QED) is 0.235. The minimum atomic E-state index is 0.731. The molecule has 3 heterocycles. The molecule has 1 aliphatic heterocycles. The number of nitrogens with zero attached hydrogens (tertiary/aromatic N) is 1. The fraction of sp³-hybridized carbons (Fsp3) is 0.118. The monoisotopic (exact) mass is 511 g/mol. The molecule has 1 aliphatic rings. The molecule has 0 saturated heterocycles. The maximum absolute atomic E-state index is 6.25. The third-order valence-electron chi connectivity index (χ3n) is 7.63. The average Bonchev–Trinajstić information content (AvgIpc) is 3.50. The standard InChI is InChI=1S/C34H25NO2S/c1-2-3-8-21-13-18-32-25(19-21)23-15-16-27-33(34(23)38-32)24-9-4-5-10-26(24)35(27)22-14-17-30-31(20-22)37-29-12-7-6-11-28(29)36-30/h4-7,9-20H,2-3,8H2,1H3. The Morgan fingerprint density at radius 2 is 1.45 bits per heavy atom. The molecule has 0 fully saturated rings. The molecule has 0 amide bonds. The van der Waals surface area contributed by atoms with Crippen molar-refractivity contribution in [3.05, 3.63) is 103 Å². The van der Waals surface area contributed by atoms with Crippen LogP contribution in [0.5, 0.6) is 23.0 Å². The minimum absolute atomic E-state index is 0.731. The van der Waals surface area contributed by atoms with Gasteiger partial charge in [0.2, 0.25) is 0 Å². The van der Waals surface area contributed by atoms with Crippen molar-refractivity contribution in [1.82, 2.24) is 4.57 Å². The van der Waals surface area contributed by atoms with Crippen molar-refractivity contribution in [2.45, 2.75) is 26.2 Å². The van der Waals surface area contributed by atoms with Gasteiger partial charge in [-0.15, -0.1) is 11.3 Å². The number of para-hydroxylation sites is 3. The van der Waals surface area contributed by atoms with Crippen molar-refractivity contribution in [2.24, 2.45) is 0 Å². The first-order valence-electron chi connectivity index (χ1n) is 13.2. The highest BCUT2D eigenvalue weighted by Gasteiger charge is 2.21. The van der Waals surface area contributed by atoms with Crippen LogP contribution in [0.15, 0.2) is 97.1 Å². The van der Waals surface area contributed by atoms with Gasteiger partial charge in [-0.1, -0.05) is 55.8 Å². The molecule has 0 saturated carbocycles. The van der Waals surface area contributed by atoms with Gasteiger partial charge in [-0.05, 0) is 66.9 Å². The molecule has 0 atom stereocenters. The molecule has 0 spiro atoms. The van der Waals surface area contributed by atoms with E-state index >= 15 is 0 Å². The molecule has 184 valence electrons. The van der Waals surface area contributed by atoms with Crippen molar-refractivity contribution >= 4 is 53.3 Å². The van der Waals surface area contributed by atoms with Crippen LogP contribution in [0, 0.1) is 0 Å². The highest BCUT2D eigenvalue weighted by molar-refractivity contribution is 7.26. The first-order chi connectivity index (χ1) is 18.8. The van der Waals surface area contributed by atoms with Crippen molar-refractivity contribution in [1.29, 1.82) is 0 Å². The first-order valence-corrected chi connectivity index (χ1v) is 14.1. The lowest BCUT2D eigenvalue weighted by Gasteiger charge is -2.21. The van der Waals surface area contributed by atoms with Gasteiger partial charge in [-0.2, -0.15) is 0 Å². The summed E-state index contributed by atoms with van der Waals surface area (Å²) in [7, 11) is 0. The fourth-order valence-electron chi connectivity index (χ4n) is 5.80. The smallest absolute Gasteiger partial charge is 0.172 e. The van der Waals surface area contributed by atoms with E-state index in [1.165, 1.54) is 60.4 Å². The van der Waals surface area contributed by atoms with E-state index in [4.69, 9.17) is 9.47 Å². The number of thiophene rings is 1. The predicted molar refractivity (Wildman–Crippen MR) is 159 cm³/mol. The van der Waals surface area contributed by atoms with Gasteiger partial charge in [0.05, 0.1) is 16.7 Å². The number of aromatic nitrogens is 1.